The van der Waals surface area contributed by atoms with Gasteiger partial charge in [-0.2, -0.15) is 0 Å². The van der Waals surface area contributed by atoms with Crippen molar-refractivity contribution in [3.05, 3.63) is 69.6 Å². The van der Waals surface area contributed by atoms with E-state index in [9.17, 15) is 13.6 Å². The summed E-state index contributed by atoms with van der Waals surface area (Å²) in [6, 6.07) is 10.9. The molecule has 0 aliphatic rings. The average molecular weight is 420 g/mol. The van der Waals surface area contributed by atoms with Crippen LogP contribution in [0.2, 0.25) is 0 Å². The molecule has 0 saturated heterocycles. The van der Waals surface area contributed by atoms with Crippen LogP contribution in [-0.4, -0.2) is 20.1 Å². The molecule has 0 fully saturated rings. The van der Waals surface area contributed by atoms with Crippen molar-refractivity contribution >= 4 is 21.9 Å². The van der Waals surface area contributed by atoms with Crippen LogP contribution in [0.4, 0.5) is 8.78 Å². The smallest absolute Gasteiger partial charge is 0.323 e. The molecule has 5 aromatic rings. The number of rotatable bonds is 3. The van der Waals surface area contributed by atoms with Crippen LogP contribution in [-0.2, 0) is 0 Å². The van der Waals surface area contributed by atoms with E-state index in [1.54, 1.807) is 26.0 Å². The Balaban J connectivity index is 1.95. The lowest BCUT2D eigenvalue weighted by Crippen LogP contribution is -2.01. The summed E-state index contributed by atoms with van der Waals surface area (Å²) in [5, 5.41) is 4.75. The number of hydrogen-bond acceptors (Lipinski definition) is 4. The van der Waals surface area contributed by atoms with Gasteiger partial charge in [-0.15, -0.1) is 0 Å². The second-order valence-corrected chi connectivity index (χ2v) is 7.54. The first-order chi connectivity index (χ1) is 14.8. The Hall–Kier alpha value is -3.81. The summed E-state index contributed by atoms with van der Waals surface area (Å²) in [5.74, 6) is 0.630. The molecular weight excluding hydrogens is 402 g/mol. The van der Waals surface area contributed by atoms with E-state index in [2.05, 4.69) is 20.1 Å². The van der Waals surface area contributed by atoms with E-state index in [1.165, 1.54) is 0 Å². The second-order valence-electron chi connectivity index (χ2n) is 7.54. The number of H-pyrrole nitrogens is 2. The first-order valence-electron chi connectivity index (χ1n) is 9.72. The van der Waals surface area contributed by atoms with Gasteiger partial charge in [0.05, 0.1) is 22.2 Å². The van der Waals surface area contributed by atoms with Crippen molar-refractivity contribution < 1.29 is 13.3 Å². The molecule has 0 spiro atoms. The van der Waals surface area contributed by atoms with Gasteiger partial charge >= 0.3 is 5.69 Å². The Bertz CT molecular complexity index is 1510. The summed E-state index contributed by atoms with van der Waals surface area (Å²) in [7, 11) is 0. The Morgan fingerprint density at radius 2 is 1.81 bits per heavy atom. The summed E-state index contributed by atoms with van der Waals surface area (Å²) >= 11 is 0. The molecule has 3 aromatic heterocycles. The Labute approximate surface area is 174 Å². The summed E-state index contributed by atoms with van der Waals surface area (Å²) in [6.45, 7) is 5.27. The van der Waals surface area contributed by atoms with E-state index in [-0.39, 0.29) is 11.4 Å². The zero-order valence-corrected chi connectivity index (χ0v) is 17.0. The quantitative estimate of drug-likeness (QED) is 0.398. The molecule has 31 heavy (non-hydrogen) atoms. The van der Waals surface area contributed by atoms with E-state index in [0.717, 1.165) is 16.5 Å². The van der Waals surface area contributed by atoms with Gasteiger partial charge in [-0.25, -0.2) is 18.6 Å². The Morgan fingerprint density at radius 1 is 1.03 bits per heavy atom. The number of aromatic nitrogens is 4. The number of halogens is 2. The number of hydrogen-bond donors (Lipinski definition) is 2. The van der Waals surface area contributed by atoms with Gasteiger partial charge in [0.25, 0.3) is 6.43 Å². The fourth-order valence-corrected chi connectivity index (χ4v) is 4.26. The van der Waals surface area contributed by atoms with Crippen molar-refractivity contribution in [1.29, 1.82) is 0 Å². The molecule has 0 atom stereocenters. The van der Waals surface area contributed by atoms with E-state index < -0.39 is 6.43 Å². The molecule has 0 aliphatic heterocycles. The second kappa shape index (κ2) is 6.87. The lowest BCUT2D eigenvalue weighted by molar-refractivity contribution is 0.145. The SMILES string of the molecule is Cc1noc(C)c1-c1cc(-c2c(C)c(C(F)F)nc3ccccc23)c2[nH]c(=O)[nH]c2c1. The summed E-state index contributed by atoms with van der Waals surface area (Å²) in [5.41, 5.74) is 4.79. The molecule has 3 heterocycles. The summed E-state index contributed by atoms with van der Waals surface area (Å²) < 4.78 is 33.0. The van der Waals surface area contributed by atoms with Crippen molar-refractivity contribution in [3.8, 4) is 22.3 Å². The fourth-order valence-electron chi connectivity index (χ4n) is 4.26. The third-order valence-electron chi connectivity index (χ3n) is 5.60. The van der Waals surface area contributed by atoms with Crippen molar-refractivity contribution in [3.63, 3.8) is 0 Å². The van der Waals surface area contributed by atoms with Gasteiger partial charge in [-0.3, -0.25) is 0 Å². The third-order valence-corrected chi connectivity index (χ3v) is 5.60. The zero-order valence-electron chi connectivity index (χ0n) is 17.0. The average Bonchev–Trinajstić information content (AvgIpc) is 3.27. The molecule has 156 valence electrons. The van der Waals surface area contributed by atoms with Crippen LogP contribution in [0.3, 0.4) is 0 Å². The maximum absolute atomic E-state index is 13.8. The number of nitrogens with one attached hydrogen (secondary N) is 2. The molecule has 0 unspecified atom stereocenters. The van der Waals surface area contributed by atoms with Gasteiger partial charge in [0, 0.05) is 16.5 Å². The van der Waals surface area contributed by atoms with E-state index in [1.807, 2.05) is 31.2 Å². The van der Waals surface area contributed by atoms with Crippen molar-refractivity contribution in [2.75, 3.05) is 0 Å². The standard InChI is InChI=1S/C23H18F2N4O2/c1-10-18(14-6-4-5-7-16(14)26-20(10)22(24)25)15-8-13(19-11(2)29-31-12(19)3)9-17-21(15)28-23(30)27-17/h4-9,22H,1-3H3,(H2,27,28,30). The molecule has 0 radical (unpaired) electrons. The van der Waals surface area contributed by atoms with Gasteiger partial charge in [-0.1, -0.05) is 23.4 Å². The van der Waals surface area contributed by atoms with Crippen LogP contribution < -0.4 is 5.69 Å². The van der Waals surface area contributed by atoms with E-state index in [4.69, 9.17) is 4.52 Å². The van der Waals surface area contributed by atoms with Gasteiger partial charge in [0.15, 0.2) is 0 Å². The minimum absolute atomic E-state index is 0.275. The highest BCUT2D eigenvalue weighted by atomic mass is 19.3. The molecule has 2 N–H and O–H groups in total. The van der Waals surface area contributed by atoms with Gasteiger partial charge in [-0.05, 0) is 55.7 Å². The van der Waals surface area contributed by atoms with Crippen LogP contribution in [0.15, 0.2) is 45.7 Å². The number of imidazole rings is 1. The lowest BCUT2D eigenvalue weighted by atomic mass is 9.91. The highest BCUT2D eigenvalue weighted by Crippen LogP contribution is 2.41. The van der Waals surface area contributed by atoms with Gasteiger partial charge < -0.3 is 14.5 Å². The number of benzene rings is 2. The van der Waals surface area contributed by atoms with Crippen LogP contribution in [0, 0.1) is 20.8 Å². The minimum atomic E-state index is -2.73. The lowest BCUT2D eigenvalue weighted by Gasteiger charge is -2.16. The number of fused-ring (bicyclic) bond motifs is 2. The van der Waals surface area contributed by atoms with Gasteiger partial charge in [0.1, 0.15) is 11.5 Å². The monoisotopic (exact) mass is 420 g/mol. The van der Waals surface area contributed by atoms with Gasteiger partial charge in [0.2, 0.25) is 0 Å². The summed E-state index contributed by atoms with van der Waals surface area (Å²) in [6.07, 6.45) is -2.73. The number of para-hydroxylation sites is 1. The van der Waals surface area contributed by atoms with Crippen LogP contribution >= 0.6 is 0 Å². The largest absolute Gasteiger partial charge is 0.361 e. The Morgan fingerprint density at radius 3 is 2.52 bits per heavy atom. The molecule has 5 rings (SSSR count). The van der Waals surface area contributed by atoms with Crippen LogP contribution in [0.1, 0.15) is 29.1 Å². The molecule has 0 aliphatic carbocycles. The first kappa shape index (κ1) is 19.2. The summed E-state index contributed by atoms with van der Waals surface area (Å²) in [4.78, 5) is 21.9. The highest BCUT2D eigenvalue weighted by Gasteiger charge is 2.23. The first-order valence-corrected chi connectivity index (χ1v) is 9.72. The van der Waals surface area contributed by atoms with Crippen molar-refractivity contribution in [1.82, 2.24) is 20.1 Å². The number of alkyl halides is 2. The maximum Gasteiger partial charge on any atom is 0.323 e. The Kier molecular flexibility index (Phi) is 4.25. The molecule has 6 nitrogen and oxygen atoms in total. The number of aromatic amines is 2. The fraction of sp³-hybridized carbons (Fsp3) is 0.174. The predicted molar refractivity (Wildman–Crippen MR) is 114 cm³/mol. The van der Waals surface area contributed by atoms with Crippen molar-refractivity contribution in [2.45, 2.75) is 27.2 Å². The third kappa shape index (κ3) is 2.94. The zero-order chi connectivity index (χ0) is 21.9. The highest BCUT2D eigenvalue weighted by molar-refractivity contribution is 6.05. The molecule has 0 amide bonds. The minimum Gasteiger partial charge on any atom is -0.361 e. The van der Waals surface area contributed by atoms with Crippen LogP contribution in [0.5, 0.6) is 0 Å². The topological polar surface area (TPSA) is 87.6 Å². The number of aryl methyl sites for hydroxylation is 2. The predicted octanol–water partition coefficient (Wildman–Crippen LogP) is 5.59. The molecular formula is C23H18F2N4O2. The van der Waals surface area contributed by atoms with Crippen molar-refractivity contribution in [2.24, 2.45) is 0 Å². The molecule has 8 heteroatoms. The van der Waals surface area contributed by atoms with E-state index >= 15 is 0 Å². The normalized spacial score (nSPS) is 11.8. The molecule has 2 aromatic carbocycles. The number of pyridine rings is 1. The molecule has 0 saturated carbocycles. The number of nitrogens with zero attached hydrogens (tertiary/aromatic N) is 2. The maximum atomic E-state index is 13.8. The van der Waals surface area contributed by atoms with Crippen LogP contribution in [0.25, 0.3) is 44.2 Å². The molecule has 0 bridgehead atoms. The van der Waals surface area contributed by atoms with E-state index in [0.29, 0.717) is 44.7 Å².